The second-order valence-corrected chi connectivity index (χ2v) is 6.10. The lowest BCUT2D eigenvalue weighted by molar-refractivity contribution is -0.130. The maximum atomic E-state index is 12.1. The smallest absolute Gasteiger partial charge is 0.225 e. The summed E-state index contributed by atoms with van der Waals surface area (Å²) in [7, 11) is 1.74. The Morgan fingerprint density at radius 2 is 1.95 bits per heavy atom. The number of rotatable bonds is 6. The van der Waals surface area contributed by atoms with Crippen molar-refractivity contribution in [2.75, 3.05) is 33.4 Å². The molecule has 0 aromatic rings. The van der Waals surface area contributed by atoms with Gasteiger partial charge in [-0.15, -0.1) is 12.4 Å². The lowest BCUT2D eigenvalue weighted by Gasteiger charge is -2.38. The van der Waals surface area contributed by atoms with Gasteiger partial charge in [0.15, 0.2) is 0 Å². The highest BCUT2D eigenvalue weighted by atomic mass is 35.5. The van der Waals surface area contributed by atoms with Crippen LogP contribution in [0, 0.1) is 10.8 Å². The van der Waals surface area contributed by atoms with Crippen LogP contribution in [-0.4, -0.2) is 39.3 Å². The van der Waals surface area contributed by atoms with Gasteiger partial charge in [-0.1, -0.05) is 20.8 Å². The van der Waals surface area contributed by atoms with Crippen LogP contribution in [-0.2, 0) is 9.53 Å². The van der Waals surface area contributed by atoms with Gasteiger partial charge in [-0.05, 0) is 32.4 Å². The van der Waals surface area contributed by atoms with Crippen LogP contribution in [0.4, 0.5) is 0 Å². The molecule has 1 aliphatic rings. The first-order valence-corrected chi connectivity index (χ1v) is 6.94. The zero-order valence-corrected chi connectivity index (χ0v) is 13.5. The zero-order valence-electron chi connectivity index (χ0n) is 12.7. The molecule has 0 aromatic heterocycles. The van der Waals surface area contributed by atoms with Crippen molar-refractivity contribution in [3.63, 3.8) is 0 Å². The summed E-state index contributed by atoms with van der Waals surface area (Å²) >= 11 is 0. The van der Waals surface area contributed by atoms with E-state index in [1.165, 1.54) is 0 Å². The van der Waals surface area contributed by atoms with E-state index in [0.29, 0.717) is 0 Å². The molecular weight excluding hydrogens is 264 g/mol. The number of hydrogen-bond acceptors (Lipinski definition) is 3. The van der Waals surface area contributed by atoms with Crippen LogP contribution >= 0.6 is 12.4 Å². The van der Waals surface area contributed by atoms with Gasteiger partial charge in [0.25, 0.3) is 0 Å². The number of methoxy groups -OCH3 is 1. The second-order valence-electron chi connectivity index (χ2n) is 6.10. The second kappa shape index (κ2) is 8.08. The number of carbonyl (C=O) groups is 1. The average molecular weight is 293 g/mol. The van der Waals surface area contributed by atoms with Crippen LogP contribution in [0.3, 0.4) is 0 Å². The van der Waals surface area contributed by atoms with Crippen LogP contribution in [0.15, 0.2) is 0 Å². The minimum atomic E-state index is -0.277. The number of halogens is 1. The van der Waals surface area contributed by atoms with Gasteiger partial charge in [-0.2, -0.15) is 0 Å². The summed E-state index contributed by atoms with van der Waals surface area (Å²) < 4.78 is 5.35. The van der Waals surface area contributed by atoms with Gasteiger partial charge in [0.1, 0.15) is 0 Å². The maximum Gasteiger partial charge on any atom is 0.225 e. The first kappa shape index (κ1) is 18.7. The monoisotopic (exact) mass is 292 g/mol. The summed E-state index contributed by atoms with van der Waals surface area (Å²) in [5, 5.41) is 6.48. The predicted molar refractivity (Wildman–Crippen MR) is 80.7 cm³/mol. The molecule has 0 unspecified atom stereocenters. The van der Waals surface area contributed by atoms with E-state index >= 15 is 0 Å². The van der Waals surface area contributed by atoms with Gasteiger partial charge in [-0.25, -0.2) is 0 Å². The molecule has 0 spiro atoms. The molecule has 1 fully saturated rings. The highest BCUT2D eigenvalue weighted by molar-refractivity contribution is 5.85. The van der Waals surface area contributed by atoms with Crippen LogP contribution in [0.5, 0.6) is 0 Å². The number of piperidine rings is 1. The Hall–Kier alpha value is -0.320. The van der Waals surface area contributed by atoms with E-state index in [4.69, 9.17) is 4.74 Å². The first-order valence-electron chi connectivity index (χ1n) is 6.94. The molecule has 1 saturated heterocycles. The molecule has 2 N–H and O–H groups in total. The van der Waals surface area contributed by atoms with E-state index in [1.54, 1.807) is 7.11 Å². The van der Waals surface area contributed by atoms with Gasteiger partial charge in [0.2, 0.25) is 5.91 Å². The molecular formula is C14H29ClN2O2. The molecule has 0 aliphatic carbocycles. The van der Waals surface area contributed by atoms with Crippen LogP contribution in [0.2, 0.25) is 0 Å². The Morgan fingerprint density at radius 1 is 1.37 bits per heavy atom. The molecule has 0 bridgehead atoms. The molecule has 1 amide bonds. The number of carbonyl (C=O) groups excluding carboxylic acids is 1. The van der Waals surface area contributed by atoms with E-state index in [0.717, 1.165) is 45.5 Å². The van der Waals surface area contributed by atoms with Gasteiger partial charge in [-0.3, -0.25) is 4.79 Å². The molecule has 1 aliphatic heterocycles. The summed E-state index contributed by atoms with van der Waals surface area (Å²) in [6, 6.07) is 0. The fourth-order valence-corrected chi connectivity index (χ4v) is 2.30. The minimum Gasteiger partial charge on any atom is -0.384 e. The topological polar surface area (TPSA) is 50.4 Å². The summed E-state index contributed by atoms with van der Waals surface area (Å²) in [6.07, 6.45) is 2.99. The number of amides is 1. The fraction of sp³-hybridized carbons (Fsp3) is 0.929. The molecule has 4 nitrogen and oxygen atoms in total. The molecule has 0 atom stereocenters. The lowest BCUT2D eigenvalue weighted by Crippen LogP contribution is -2.49. The summed E-state index contributed by atoms with van der Waals surface area (Å²) in [5.74, 6) is 0.152. The number of ether oxygens (including phenoxy) is 1. The summed E-state index contributed by atoms with van der Waals surface area (Å²) in [4.78, 5) is 12.1. The molecule has 0 radical (unpaired) electrons. The molecule has 1 rings (SSSR count). The van der Waals surface area contributed by atoms with Crippen molar-refractivity contribution in [1.29, 1.82) is 0 Å². The summed E-state index contributed by atoms with van der Waals surface area (Å²) in [6.45, 7) is 9.51. The van der Waals surface area contributed by atoms with Crippen molar-refractivity contribution in [3.05, 3.63) is 0 Å². The SMILES string of the molecule is CCC(C)(C)C(=O)NCC1(COC)CCNCC1.Cl. The highest BCUT2D eigenvalue weighted by Gasteiger charge is 2.34. The van der Waals surface area contributed by atoms with Crippen molar-refractivity contribution in [2.24, 2.45) is 10.8 Å². The Kier molecular flexibility index (Phi) is 7.94. The maximum absolute atomic E-state index is 12.1. The number of nitrogens with one attached hydrogen (secondary N) is 2. The Bertz CT molecular complexity index is 271. The van der Waals surface area contributed by atoms with E-state index < -0.39 is 0 Å². The van der Waals surface area contributed by atoms with Crippen molar-refractivity contribution in [3.8, 4) is 0 Å². The Labute approximate surface area is 123 Å². The molecule has 1 heterocycles. The van der Waals surface area contributed by atoms with Crippen LogP contribution < -0.4 is 10.6 Å². The standard InChI is InChI=1S/C14H28N2O2.ClH/c1-5-13(2,3)12(17)16-10-14(11-18-4)6-8-15-9-7-14;/h15H,5-11H2,1-4H3,(H,16,17);1H. The van der Waals surface area contributed by atoms with E-state index in [1.807, 2.05) is 13.8 Å². The van der Waals surface area contributed by atoms with Gasteiger partial charge in [0.05, 0.1) is 6.61 Å². The van der Waals surface area contributed by atoms with Crippen molar-refractivity contribution < 1.29 is 9.53 Å². The third-order valence-corrected chi connectivity index (χ3v) is 4.24. The van der Waals surface area contributed by atoms with Crippen molar-refractivity contribution in [2.45, 2.75) is 40.0 Å². The van der Waals surface area contributed by atoms with E-state index in [-0.39, 0.29) is 29.1 Å². The van der Waals surface area contributed by atoms with Crippen molar-refractivity contribution >= 4 is 18.3 Å². The quantitative estimate of drug-likeness (QED) is 0.787. The minimum absolute atomic E-state index is 0. The summed E-state index contributed by atoms with van der Waals surface area (Å²) in [5.41, 5.74) is -0.166. The van der Waals surface area contributed by atoms with Gasteiger partial charge < -0.3 is 15.4 Å². The van der Waals surface area contributed by atoms with Gasteiger partial charge >= 0.3 is 0 Å². The average Bonchev–Trinajstić information content (AvgIpc) is 2.37. The largest absolute Gasteiger partial charge is 0.384 e. The van der Waals surface area contributed by atoms with Crippen LogP contribution in [0.25, 0.3) is 0 Å². The lowest BCUT2D eigenvalue weighted by atomic mass is 9.79. The Morgan fingerprint density at radius 3 is 2.42 bits per heavy atom. The van der Waals surface area contributed by atoms with Crippen LogP contribution in [0.1, 0.15) is 40.0 Å². The molecule has 0 aromatic carbocycles. The molecule has 5 heteroatoms. The zero-order chi connectivity index (χ0) is 13.6. The molecule has 0 saturated carbocycles. The van der Waals surface area contributed by atoms with E-state index in [2.05, 4.69) is 17.6 Å². The van der Waals surface area contributed by atoms with E-state index in [9.17, 15) is 4.79 Å². The predicted octanol–water partition coefficient (Wildman–Crippen LogP) is 1.98. The first-order chi connectivity index (χ1) is 8.46. The highest BCUT2D eigenvalue weighted by Crippen LogP contribution is 2.29. The molecule has 19 heavy (non-hydrogen) atoms. The fourth-order valence-electron chi connectivity index (χ4n) is 2.30. The van der Waals surface area contributed by atoms with Gasteiger partial charge in [0, 0.05) is 24.5 Å². The third-order valence-electron chi connectivity index (χ3n) is 4.24. The Balaban J connectivity index is 0.00000324. The normalized spacial score (nSPS) is 18.5. The molecule has 114 valence electrons. The van der Waals surface area contributed by atoms with Crippen molar-refractivity contribution in [1.82, 2.24) is 10.6 Å². The number of hydrogen-bond donors (Lipinski definition) is 2. The third kappa shape index (κ3) is 5.28.